The molecule has 0 radical (unpaired) electrons. The average molecular weight is 370 g/mol. The molecule has 0 bridgehead atoms. The van der Waals surface area contributed by atoms with Crippen molar-refractivity contribution in [1.82, 2.24) is 9.97 Å². The number of aliphatic hydroxyl groups is 1. The minimum absolute atomic E-state index is 0.0652. The van der Waals surface area contributed by atoms with E-state index < -0.39 is 11.6 Å². The third kappa shape index (κ3) is 5.21. The van der Waals surface area contributed by atoms with Crippen LogP contribution in [-0.4, -0.2) is 27.7 Å². The van der Waals surface area contributed by atoms with Gasteiger partial charge >= 0.3 is 0 Å². The number of nitrogens with one attached hydrogen (secondary N) is 2. The monoisotopic (exact) mass is 370 g/mol. The van der Waals surface area contributed by atoms with Crippen LogP contribution >= 0.6 is 0 Å². The van der Waals surface area contributed by atoms with Crippen molar-refractivity contribution in [3.8, 4) is 11.3 Å². The number of hydrogen-bond donors (Lipinski definition) is 3. The minimum atomic E-state index is -0.626. The Morgan fingerprint density at radius 3 is 2.37 bits per heavy atom. The molecule has 27 heavy (non-hydrogen) atoms. The number of aliphatic hydroxyl groups excluding tert-OH is 1. The van der Waals surface area contributed by atoms with Gasteiger partial charge in [-0.1, -0.05) is 30.3 Å². The van der Waals surface area contributed by atoms with Gasteiger partial charge < -0.3 is 15.7 Å². The summed E-state index contributed by atoms with van der Waals surface area (Å²) in [6.07, 6.45) is 0. The first-order valence-electron chi connectivity index (χ1n) is 8.54. The van der Waals surface area contributed by atoms with Gasteiger partial charge in [-0.25, -0.2) is 13.8 Å². The van der Waals surface area contributed by atoms with E-state index in [2.05, 4.69) is 20.6 Å². The summed E-state index contributed by atoms with van der Waals surface area (Å²) in [6.45, 7) is 1.94. The second-order valence-electron chi connectivity index (χ2n) is 6.19. The molecule has 0 spiro atoms. The molecule has 0 aliphatic carbocycles. The molecule has 140 valence electrons. The molecule has 3 N–H and O–H groups in total. The van der Waals surface area contributed by atoms with Crippen molar-refractivity contribution in [2.45, 2.75) is 19.5 Å². The van der Waals surface area contributed by atoms with E-state index in [0.717, 1.165) is 11.6 Å². The molecule has 0 saturated carbocycles. The first-order valence-corrected chi connectivity index (χ1v) is 8.54. The second kappa shape index (κ2) is 8.55. The summed E-state index contributed by atoms with van der Waals surface area (Å²) < 4.78 is 26.7. The van der Waals surface area contributed by atoms with E-state index in [1.165, 1.54) is 12.1 Å². The molecular weight excluding hydrogens is 350 g/mol. The fourth-order valence-corrected chi connectivity index (χ4v) is 2.53. The Labute approximate surface area is 156 Å². The highest BCUT2D eigenvalue weighted by Gasteiger charge is 2.09. The first-order chi connectivity index (χ1) is 13.0. The lowest BCUT2D eigenvalue weighted by molar-refractivity contribution is 0.281. The predicted molar refractivity (Wildman–Crippen MR) is 101 cm³/mol. The number of halogens is 2. The number of aromatic nitrogens is 2. The SMILES string of the molecule is C[C@H](CO)Nc1nc(NCc2cc(F)cc(F)c2)cc(-c2ccccc2)n1. The van der Waals surface area contributed by atoms with Gasteiger partial charge in [0.2, 0.25) is 5.95 Å². The molecule has 2 aromatic carbocycles. The molecule has 7 heteroatoms. The molecular formula is C20H20F2N4O. The Kier molecular flexibility index (Phi) is 5.93. The second-order valence-corrected chi connectivity index (χ2v) is 6.19. The van der Waals surface area contributed by atoms with Crippen molar-refractivity contribution in [1.29, 1.82) is 0 Å². The van der Waals surface area contributed by atoms with Gasteiger partial charge in [0.25, 0.3) is 0 Å². The summed E-state index contributed by atoms with van der Waals surface area (Å²) in [4.78, 5) is 8.86. The Morgan fingerprint density at radius 1 is 1.00 bits per heavy atom. The van der Waals surface area contributed by atoms with Crippen LogP contribution in [0.15, 0.2) is 54.6 Å². The first kappa shape index (κ1) is 18.7. The lowest BCUT2D eigenvalue weighted by Gasteiger charge is -2.14. The number of benzene rings is 2. The summed E-state index contributed by atoms with van der Waals surface area (Å²) in [7, 11) is 0. The average Bonchev–Trinajstić information content (AvgIpc) is 2.66. The quantitative estimate of drug-likeness (QED) is 0.590. The van der Waals surface area contributed by atoms with Crippen molar-refractivity contribution in [3.63, 3.8) is 0 Å². The molecule has 0 unspecified atom stereocenters. The summed E-state index contributed by atoms with van der Waals surface area (Å²) in [5, 5.41) is 15.3. The van der Waals surface area contributed by atoms with Crippen LogP contribution in [0.5, 0.6) is 0 Å². The van der Waals surface area contributed by atoms with E-state index in [1.54, 1.807) is 13.0 Å². The van der Waals surface area contributed by atoms with Crippen molar-refractivity contribution in [3.05, 3.63) is 71.8 Å². The highest BCUT2D eigenvalue weighted by molar-refractivity contribution is 5.64. The van der Waals surface area contributed by atoms with Gasteiger partial charge in [-0.2, -0.15) is 4.98 Å². The lowest BCUT2D eigenvalue weighted by atomic mass is 10.1. The molecule has 0 aliphatic heterocycles. The zero-order valence-electron chi connectivity index (χ0n) is 14.8. The van der Waals surface area contributed by atoms with Crippen LogP contribution in [0, 0.1) is 11.6 Å². The smallest absolute Gasteiger partial charge is 0.225 e. The molecule has 0 aliphatic rings. The maximum Gasteiger partial charge on any atom is 0.225 e. The van der Waals surface area contributed by atoms with Crippen molar-refractivity contribution in [2.24, 2.45) is 0 Å². The van der Waals surface area contributed by atoms with E-state index in [9.17, 15) is 13.9 Å². The summed E-state index contributed by atoms with van der Waals surface area (Å²) in [6, 6.07) is 14.5. The van der Waals surface area contributed by atoms with Gasteiger partial charge in [-0.15, -0.1) is 0 Å². The van der Waals surface area contributed by atoms with Crippen molar-refractivity contribution in [2.75, 3.05) is 17.2 Å². The highest BCUT2D eigenvalue weighted by atomic mass is 19.1. The fraction of sp³-hybridized carbons (Fsp3) is 0.200. The number of rotatable bonds is 7. The van der Waals surface area contributed by atoms with Gasteiger partial charge in [-0.3, -0.25) is 0 Å². The highest BCUT2D eigenvalue weighted by Crippen LogP contribution is 2.22. The molecule has 1 atom stereocenters. The third-order valence-corrected chi connectivity index (χ3v) is 3.84. The van der Waals surface area contributed by atoms with Crippen LogP contribution in [0.2, 0.25) is 0 Å². The zero-order chi connectivity index (χ0) is 19.2. The van der Waals surface area contributed by atoms with Crippen molar-refractivity contribution >= 4 is 11.8 Å². The molecule has 3 aromatic rings. The lowest BCUT2D eigenvalue weighted by Crippen LogP contribution is -2.21. The topological polar surface area (TPSA) is 70.1 Å². The number of anilines is 2. The third-order valence-electron chi connectivity index (χ3n) is 3.84. The Bertz CT molecular complexity index is 885. The van der Waals surface area contributed by atoms with Crippen molar-refractivity contribution < 1.29 is 13.9 Å². The minimum Gasteiger partial charge on any atom is -0.394 e. The normalized spacial score (nSPS) is 11.9. The molecule has 1 heterocycles. The molecule has 0 amide bonds. The predicted octanol–water partition coefficient (Wildman–Crippen LogP) is 3.83. The molecule has 3 rings (SSSR count). The van der Waals surface area contributed by atoms with Gasteiger partial charge in [0.15, 0.2) is 0 Å². The van der Waals surface area contributed by atoms with E-state index in [-0.39, 0.29) is 19.2 Å². The van der Waals surface area contributed by atoms with Crippen LogP contribution in [0.3, 0.4) is 0 Å². The van der Waals surface area contributed by atoms with E-state index in [1.807, 2.05) is 30.3 Å². The largest absolute Gasteiger partial charge is 0.394 e. The maximum absolute atomic E-state index is 13.4. The van der Waals surface area contributed by atoms with Gasteiger partial charge in [0.05, 0.1) is 12.3 Å². The van der Waals surface area contributed by atoms with E-state index in [0.29, 0.717) is 23.0 Å². The van der Waals surface area contributed by atoms with Crippen LogP contribution in [0.4, 0.5) is 20.5 Å². The van der Waals surface area contributed by atoms with Gasteiger partial charge in [0, 0.05) is 30.3 Å². The number of hydrogen-bond acceptors (Lipinski definition) is 5. The van der Waals surface area contributed by atoms with Crippen LogP contribution in [0.25, 0.3) is 11.3 Å². The Morgan fingerprint density at radius 2 is 1.70 bits per heavy atom. The molecule has 1 aromatic heterocycles. The van der Waals surface area contributed by atoms with Crippen LogP contribution in [-0.2, 0) is 6.54 Å². The summed E-state index contributed by atoms with van der Waals surface area (Å²) >= 11 is 0. The molecule has 5 nitrogen and oxygen atoms in total. The summed E-state index contributed by atoms with van der Waals surface area (Å²) in [5.74, 6) is -0.399. The van der Waals surface area contributed by atoms with Crippen LogP contribution < -0.4 is 10.6 Å². The van der Waals surface area contributed by atoms with E-state index >= 15 is 0 Å². The zero-order valence-corrected chi connectivity index (χ0v) is 14.8. The molecule has 0 fully saturated rings. The van der Waals surface area contributed by atoms with Crippen LogP contribution in [0.1, 0.15) is 12.5 Å². The Balaban J connectivity index is 1.87. The Hall–Kier alpha value is -3.06. The maximum atomic E-state index is 13.4. The van der Waals surface area contributed by atoms with E-state index in [4.69, 9.17) is 0 Å². The standard InChI is InChI=1S/C20H20F2N4O/c1-13(12-27)24-20-25-18(15-5-3-2-4-6-15)10-19(26-20)23-11-14-7-16(21)9-17(22)8-14/h2-10,13,27H,11-12H2,1H3,(H2,23,24,25,26)/t13-/m1/s1. The number of nitrogens with zero attached hydrogens (tertiary/aromatic N) is 2. The fourth-order valence-electron chi connectivity index (χ4n) is 2.53. The van der Waals surface area contributed by atoms with Gasteiger partial charge in [0.1, 0.15) is 17.5 Å². The molecule has 0 saturated heterocycles. The summed E-state index contributed by atoms with van der Waals surface area (Å²) in [5.41, 5.74) is 2.05. The van der Waals surface area contributed by atoms with Gasteiger partial charge in [-0.05, 0) is 24.6 Å².